The molecule has 0 saturated heterocycles. The Morgan fingerprint density at radius 1 is 1.09 bits per heavy atom. The van der Waals surface area contributed by atoms with Crippen molar-refractivity contribution < 1.29 is 4.74 Å². The first-order valence-corrected chi connectivity index (χ1v) is 7.94. The molecule has 1 aromatic heterocycles. The molecule has 2 aromatic carbocycles. The molecule has 0 saturated carbocycles. The van der Waals surface area contributed by atoms with Crippen molar-refractivity contribution in [3.8, 4) is 11.5 Å². The number of hydrogen-bond acceptors (Lipinski definition) is 3. The average Bonchev–Trinajstić information content (AvgIpc) is 3.07. The van der Waals surface area contributed by atoms with Crippen LogP contribution in [0.15, 0.2) is 54.7 Å². The monoisotopic (exact) mass is 307 g/mol. The van der Waals surface area contributed by atoms with Gasteiger partial charge in [-0.2, -0.15) is 15.4 Å². The summed E-state index contributed by atoms with van der Waals surface area (Å²) in [5.41, 5.74) is 3.59. The number of nitrogens with one attached hydrogen (secondary N) is 1. The van der Waals surface area contributed by atoms with E-state index in [1.807, 2.05) is 36.4 Å². The summed E-state index contributed by atoms with van der Waals surface area (Å²) < 4.78 is 5.91. The van der Waals surface area contributed by atoms with Crippen LogP contribution >= 0.6 is 0 Å². The fourth-order valence-electron chi connectivity index (χ4n) is 2.84. The van der Waals surface area contributed by atoms with Crippen LogP contribution in [0.4, 0.5) is 0 Å². The Labute approximate surface area is 136 Å². The van der Waals surface area contributed by atoms with E-state index in [1.54, 1.807) is 6.20 Å². The third-order valence-corrected chi connectivity index (χ3v) is 4.07. The van der Waals surface area contributed by atoms with Crippen molar-refractivity contribution >= 4 is 0 Å². The van der Waals surface area contributed by atoms with Gasteiger partial charge in [-0.05, 0) is 61.1 Å². The zero-order chi connectivity index (χ0) is 16.1. The molecule has 0 aliphatic heterocycles. The molecule has 1 unspecified atom stereocenters. The van der Waals surface area contributed by atoms with Gasteiger partial charge in [0, 0.05) is 0 Å². The lowest BCUT2D eigenvalue weighted by atomic mass is 9.89. The number of aromatic nitrogens is 3. The molecule has 1 N–H and O–H groups in total. The van der Waals surface area contributed by atoms with Crippen LogP contribution < -0.4 is 4.74 Å². The Kier molecular flexibility index (Phi) is 4.71. The van der Waals surface area contributed by atoms with Crippen LogP contribution in [-0.2, 0) is 6.42 Å². The molecule has 23 heavy (non-hydrogen) atoms. The van der Waals surface area contributed by atoms with E-state index < -0.39 is 0 Å². The third-order valence-electron chi connectivity index (χ3n) is 4.07. The van der Waals surface area contributed by atoms with Crippen LogP contribution in [0.1, 0.15) is 36.1 Å². The summed E-state index contributed by atoms with van der Waals surface area (Å²) in [6.45, 7) is 4.34. The Hall–Kier alpha value is -2.62. The number of benzene rings is 2. The lowest BCUT2D eigenvalue weighted by molar-refractivity contribution is 0.481. The van der Waals surface area contributed by atoms with Gasteiger partial charge in [0.15, 0.2) is 0 Å². The summed E-state index contributed by atoms with van der Waals surface area (Å²) in [6.07, 6.45) is 3.75. The van der Waals surface area contributed by atoms with Gasteiger partial charge in [0.2, 0.25) is 0 Å². The van der Waals surface area contributed by atoms with Crippen molar-refractivity contribution in [2.24, 2.45) is 0 Å². The highest BCUT2D eigenvalue weighted by Crippen LogP contribution is 2.30. The number of rotatable bonds is 6. The number of ether oxygens (including phenoxy) is 1. The van der Waals surface area contributed by atoms with Crippen LogP contribution in [0.3, 0.4) is 0 Å². The number of para-hydroxylation sites is 1. The normalized spacial score (nSPS) is 12.1. The lowest BCUT2D eigenvalue weighted by Gasteiger charge is -2.17. The average molecular weight is 307 g/mol. The van der Waals surface area contributed by atoms with Crippen molar-refractivity contribution in [2.75, 3.05) is 0 Å². The third kappa shape index (κ3) is 3.77. The van der Waals surface area contributed by atoms with Crippen LogP contribution in [0.5, 0.6) is 11.5 Å². The first kappa shape index (κ1) is 15.3. The molecule has 4 nitrogen and oxygen atoms in total. The standard InChI is InChI=1S/C19H21N3O/c1-3-15(12-16-13-20-22-21-16)19-10-9-18(11-14(19)2)23-17-7-5-4-6-8-17/h4-11,13,15H,3,12H2,1-2H3,(H,20,21,22). The highest BCUT2D eigenvalue weighted by Gasteiger charge is 2.15. The predicted octanol–water partition coefficient (Wildman–Crippen LogP) is 4.64. The molecule has 1 atom stereocenters. The van der Waals surface area contributed by atoms with Crippen LogP contribution in [0, 0.1) is 6.92 Å². The summed E-state index contributed by atoms with van der Waals surface area (Å²) in [5.74, 6) is 2.16. The molecule has 0 aliphatic carbocycles. The molecule has 118 valence electrons. The fraction of sp³-hybridized carbons (Fsp3) is 0.263. The zero-order valence-corrected chi connectivity index (χ0v) is 13.5. The largest absolute Gasteiger partial charge is 0.457 e. The number of H-pyrrole nitrogens is 1. The maximum Gasteiger partial charge on any atom is 0.127 e. The van der Waals surface area contributed by atoms with Crippen molar-refractivity contribution in [1.82, 2.24) is 15.4 Å². The number of hydrogen-bond donors (Lipinski definition) is 1. The van der Waals surface area contributed by atoms with Crippen molar-refractivity contribution in [1.29, 1.82) is 0 Å². The SMILES string of the molecule is CCC(Cc1cn[nH]n1)c1ccc(Oc2ccccc2)cc1C. The Balaban J connectivity index is 1.78. The Morgan fingerprint density at radius 2 is 1.91 bits per heavy atom. The first-order chi connectivity index (χ1) is 11.3. The minimum absolute atomic E-state index is 0.436. The molecule has 0 bridgehead atoms. The summed E-state index contributed by atoms with van der Waals surface area (Å²) in [6, 6.07) is 16.2. The van der Waals surface area contributed by atoms with E-state index in [2.05, 4.69) is 41.4 Å². The van der Waals surface area contributed by atoms with Gasteiger partial charge >= 0.3 is 0 Å². The topological polar surface area (TPSA) is 50.8 Å². The molecule has 3 rings (SSSR count). The minimum Gasteiger partial charge on any atom is -0.457 e. The molecule has 0 spiro atoms. The highest BCUT2D eigenvalue weighted by atomic mass is 16.5. The van der Waals surface area contributed by atoms with Crippen LogP contribution in [-0.4, -0.2) is 15.4 Å². The van der Waals surface area contributed by atoms with E-state index in [1.165, 1.54) is 11.1 Å². The summed E-state index contributed by atoms with van der Waals surface area (Å²) in [7, 11) is 0. The van der Waals surface area contributed by atoms with Gasteiger partial charge in [0.25, 0.3) is 0 Å². The maximum absolute atomic E-state index is 5.91. The molecule has 0 aliphatic rings. The van der Waals surface area contributed by atoms with Gasteiger partial charge in [-0.15, -0.1) is 0 Å². The second-order valence-corrected chi connectivity index (χ2v) is 5.70. The second kappa shape index (κ2) is 7.09. The van der Waals surface area contributed by atoms with Crippen LogP contribution in [0.2, 0.25) is 0 Å². The van der Waals surface area contributed by atoms with E-state index >= 15 is 0 Å². The molecule has 4 heteroatoms. The van der Waals surface area contributed by atoms with E-state index in [9.17, 15) is 0 Å². The van der Waals surface area contributed by atoms with E-state index in [4.69, 9.17) is 4.74 Å². The quantitative estimate of drug-likeness (QED) is 0.721. The van der Waals surface area contributed by atoms with Crippen molar-refractivity contribution in [3.05, 3.63) is 71.5 Å². The van der Waals surface area contributed by atoms with Crippen LogP contribution in [0.25, 0.3) is 0 Å². The maximum atomic E-state index is 5.91. The molecular weight excluding hydrogens is 286 g/mol. The molecule has 0 radical (unpaired) electrons. The van der Waals surface area contributed by atoms with Gasteiger partial charge in [0.1, 0.15) is 11.5 Å². The molecular formula is C19H21N3O. The van der Waals surface area contributed by atoms with Gasteiger partial charge in [0.05, 0.1) is 11.9 Å². The van der Waals surface area contributed by atoms with E-state index in [-0.39, 0.29) is 0 Å². The predicted molar refractivity (Wildman–Crippen MR) is 90.8 cm³/mol. The molecule has 0 fully saturated rings. The Morgan fingerprint density at radius 3 is 2.57 bits per heavy atom. The molecule has 1 heterocycles. The number of aromatic amines is 1. The lowest BCUT2D eigenvalue weighted by Crippen LogP contribution is -2.04. The zero-order valence-electron chi connectivity index (χ0n) is 13.5. The summed E-state index contributed by atoms with van der Waals surface area (Å²) in [5, 5.41) is 10.7. The summed E-state index contributed by atoms with van der Waals surface area (Å²) in [4.78, 5) is 0. The van der Waals surface area contributed by atoms with Gasteiger partial charge in [-0.1, -0.05) is 31.2 Å². The van der Waals surface area contributed by atoms with Gasteiger partial charge in [-0.3, -0.25) is 0 Å². The van der Waals surface area contributed by atoms with Crippen molar-refractivity contribution in [3.63, 3.8) is 0 Å². The first-order valence-electron chi connectivity index (χ1n) is 7.94. The Bertz CT molecular complexity index is 739. The fourth-order valence-corrected chi connectivity index (χ4v) is 2.84. The number of aryl methyl sites for hydroxylation is 1. The summed E-state index contributed by atoms with van der Waals surface area (Å²) >= 11 is 0. The second-order valence-electron chi connectivity index (χ2n) is 5.70. The smallest absolute Gasteiger partial charge is 0.127 e. The number of nitrogens with zero attached hydrogens (tertiary/aromatic N) is 2. The minimum atomic E-state index is 0.436. The highest BCUT2D eigenvalue weighted by molar-refractivity contribution is 5.39. The van der Waals surface area contributed by atoms with Gasteiger partial charge < -0.3 is 4.74 Å². The van der Waals surface area contributed by atoms with Gasteiger partial charge in [-0.25, -0.2) is 0 Å². The van der Waals surface area contributed by atoms with Crippen molar-refractivity contribution in [2.45, 2.75) is 32.6 Å². The van der Waals surface area contributed by atoms with E-state index in [0.29, 0.717) is 5.92 Å². The molecule has 3 aromatic rings. The molecule has 0 amide bonds. The van der Waals surface area contributed by atoms with E-state index in [0.717, 1.165) is 30.0 Å².